The van der Waals surface area contributed by atoms with Gasteiger partial charge in [-0.05, 0) is 11.6 Å². The summed E-state index contributed by atoms with van der Waals surface area (Å²) in [5.74, 6) is -0.190. The van der Waals surface area contributed by atoms with Crippen LogP contribution in [0, 0.1) is 0 Å². The number of para-hydroxylation sites is 1. The zero-order valence-corrected chi connectivity index (χ0v) is 17.0. The fourth-order valence-corrected chi connectivity index (χ4v) is 4.01. The third-order valence-corrected chi connectivity index (χ3v) is 5.58. The summed E-state index contributed by atoms with van der Waals surface area (Å²) < 4.78 is 3.82. The molecule has 0 atom stereocenters. The van der Waals surface area contributed by atoms with Crippen LogP contribution in [0.4, 0.5) is 0 Å². The van der Waals surface area contributed by atoms with Crippen molar-refractivity contribution in [3.63, 3.8) is 0 Å². The number of carbonyl (C=O) groups excluding carboxylic acids is 1. The van der Waals surface area contributed by atoms with Crippen molar-refractivity contribution in [3.8, 4) is 11.1 Å². The van der Waals surface area contributed by atoms with E-state index in [4.69, 9.17) is 0 Å². The van der Waals surface area contributed by atoms with Crippen LogP contribution in [0.2, 0.25) is 0 Å². The Hall–Kier alpha value is -4.20. The highest BCUT2D eigenvalue weighted by Gasteiger charge is 2.21. The number of fused-ring (bicyclic) bond motifs is 2. The number of H-pyrrole nitrogens is 1. The highest BCUT2D eigenvalue weighted by atomic mass is 16.2. The van der Waals surface area contributed by atoms with Gasteiger partial charge in [-0.15, -0.1) is 0 Å². The maximum Gasteiger partial charge on any atom is 0.332 e. The zero-order chi connectivity index (χ0) is 21.7. The number of nitrogens with one attached hydrogen (secondary N) is 1. The molecule has 0 aliphatic rings. The van der Waals surface area contributed by atoms with Crippen molar-refractivity contribution < 1.29 is 4.79 Å². The van der Waals surface area contributed by atoms with E-state index in [0.717, 1.165) is 26.6 Å². The number of benzene rings is 2. The van der Waals surface area contributed by atoms with E-state index in [2.05, 4.69) is 9.97 Å². The molecule has 3 aromatic heterocycles. The molecule has 5 aromatic rings. The molecule has 0 unspecified atom stereocenters. The van der Waals surface area contributed by atoms with Gasteiger partial charge < -0.3 is 9.55 Å². The molecule has 0 saturated carbocycles. The number of imidazole rings is 1. The minimum absolute atomic E-state index is 0.0867. The zero-order valence-electron chi connectivity index (χ0n) is 17.0. The van der Waals surface area contributed by atoms with Gasteiger partial charge in [-0.1, -0.05) is 48.5 Å². The molecule has 8 nitrogen and oxygen atoms in total. The fraction of sp³-hybridized carbons (Fsp3) is 0.130. The van der Waals surface area contributed by atoms with Crippen molar-refractivity contribution in [2.75, 3.05) is 0 Å². The molecule has 0 saturated heterocycles. The number of aromatic nitrogens is 5. The standard InChI is InChI=1S/C23H19N5O3/c1-26-21-20(22(30)27(2)23(26)31)28(13-24-21)12-17(29)19-18(14-8-4-3-5-9-14)15-10-6-7-11-16(15)25-19/h3-11,13,25H,12H2,1-2H3. The SMILES string of the molecule is Cn1c(=O)c2c(ncn2CC(=O)c2[nH]c3ccccc3c2-c2ccccc2)n(C)c1=O. The van der Waals surface area contributed by atoms with E-state index in [9.17, 15) is 14.4 Å². The van der Waals surface area contributed by atoms with Gasteiger partial charge >= 0.3 is 5.69 Å². The first-order valence-corrected chi connectivity index (χ1v) is 9.77. The normalized spacial score (nSPS) is 11.4. The highest BCUT2D eigenvalue weighted by Crippen LogP contribution is 2.32. The van der Waals surface area contributed by atoms with Crippen molar-refractivity contribution in [1.29, 1.82) is 0 Å². The number of aromatic amines is 1. The first kappa shape index (κ1) is 18.8. The lowest BCUT2D eigenvalue weighted by molar-refractivity contribution is 0.0970. The molecule has 0 radical (unpaired) electrons. The predicted octanol–water partition coefficient (Wildman–Crippen LogP) is 2.46. The largest absolute Gasteiger partial charge is 0.352 e. The molecule has 0 bridgehead atoms. The first-order valence-electron chi connectivity index (χ1n) is 9.77. The molecule has 2 aromatic carbocycles. The van der Waals surface area contributed by atoms with Crippen molar-refractivity contribution in [2.24, 2.45) is 14.1 Å². The Kier molecular flexibility index (Phi) is 4.21. The molecule has 1 N–H and O–H groups in total. The van der Waals surface area contributed by atoms with E-state index in [1.807, 2.05) is 54.6 Å². The van der Waals surface area contributed by atoms with Gasteiger partial charge in [-0.2, -0.15) is 0 Å². The maximum atomic E-state index is 13.4. The summed E-state index contributed by atoms with van der Waals surface area (Å²) in [5, 5.41) is 0.950. The van der Waals surface area contributed by atoms with Crippen LogP contribution >= 0.6 is 0 Å². The van der Waals surface area contributed by atoms with E-state index in [1.54, 1.807) is 7.05 Å². The second kappa shape index (κ2) is 6.94. The summed E-state index contributed by atoms with van der Waals surface area (Å²) in [5.41, 5.74) is 2.60. The van der Waals surface area contributed by atoms with Crippen molar-refractivity contribution in [1.82, 2.24) is 23.7 Å². The van der Waals surface area contributed by atoms with E-state index in [-0.39, 0.29) is 23.5 Å². The minimum Gasteiger partial charge on any atom is -0.352 e. The Bertz CT molecular complexity index is 1590. The van der Waals surface area contributed by atoms with Gasteiger partial charge in [0.1, 0.15) is 0 Å². The number of aryl methyl sites for hydroxylation is 1. The van der Waals surface area contributed by atoms with Gasteiger partial charge in [0.25, 0.3) is 5.56 Å². The highest BCUT2D eigenvalue weighted by molar-refractivity contribution is 6.10. The van der Waals surface area contributed by atoms with E-state index < -0.39 is 11.2 Å². The number of nitrogens with zero attached hydrogens (tertiary/aromatic N) is 4. The summed E-state index contributed by atoms with van der Waals surface area (Å²) in [6, 6.07) is 17.5. The van der Waals surface area contributed by atoms with Crippen LogP contribution in [-0.2, 0) is 20.6 Å². The summed E-state index contributed by atoms with van der Waals surface area (Å²) in [6.45, 7) is -0.0867. The van der Waals surface area contributed by atoms with Crippen LogP contribution in [0.15, 0.2) is 70.5 Å². The second-order valence-electron chi connectivity index (χ2n) is 7.46. The number of Topliss-reactive ketones (excluding diaryl/α,β-unsaturated/α-hetero) is 1. The van der Waals surface area contributed by atoms with Crippen molar-refractivity contribution >= 4 is 27.9 Å². The summed E-state index contributed by atoms with van der Waals surface area (Å²) >= 11 is 0. The van der Waals surface area contributed by atoms with Gasteiger partial charge in [0, 0.05) is 30.6 Å². The minimum atomic E-state index is -0.483. The molecule has 3 heterocycles. The average molecular weight is 413 g/mol. The van der Waals surface area contributed by atoms with Gasteiger partial charge in [0.15, 0.2) is 16.9 Å². The molecular formula is C23H19N5O3. The van der Waals surface area contributed by atoms with Gasteiger partial charge in [0.2, 0.25) is 0 Å². The van der Waals surface area contributed by atoms with Crippen molar-refractivity contribution in [2.45, 2.75) is 6.54 Å². The number of carbonyl (C=O) groups is 1. The van der Waals surface area contributed by atoms with Crippen LogP contribution in [0.5, 0.6) is 0 Å². The molecular weight excluding hydrogens is 394 g/mol. The number of hydrogen-bond donors (Lipinski definition) is 1. The molecule has 31 heavy (non-hydrogen) atoms. The van der Waals surface area contributed by atoms with E-state index in [1.165, 1.54) is 22.5 Å². The average Bonchev–Trinajstić information content (AvgIpc) is 3.38. The third kappa shape index (κ3) is 2.83. The number of hydrogen-bond acceptors (Lipinski definition) is 4. The number of ketones is 1. The molecule has 154 valence electrons. The van der Waals surface area contributed by atoms with Crippen LogP contribution in [0.1, 0.15) is 10.5 Å². The molecule has 0 spiro atoms. The summed E-state index contributed by atoms with van der Waals surface area (Å²) in [6.07, 6.45) is 1.42. The quantitative estimate of drug-likeness (QED) is 0.458. The summed E-state index contributed by atoms with van der Waals surface area (Å²) in [4.78, 5) is 45.7. The second-order valence-corrected chi connectivity index (χ2v) is 7.46. The predicted molar refractivity (Wildman–Crippen MR) is 118 cm³/mol. The Morgan fingerprint density at radius 3 is 2.45 bits per heavy atom. The first-order chi connectivity index (χ1) is 15.0. The fourth-order valence-electron chi connectivity index (χ4n) is 4.01. The van der Waals surface area contributed by atoms with E-state index in [0.29, 0.717) is 5.69 Å². The third-order valence-electron chi connectivity index (χ3n) is 5.58. The maximum absolute atomic E-state index is 13.4. The Morgan fingerprint density at radius 1 is 0.968 bits per heavy atom. The smallest absolute Gasteiger partial charge is 0.332 e. The van der Waals surface area contributed by atoms with Crippen LogP contribution in [0.25, 0.3) is 33.2 Å². The Balaban J connectivity index is 1.66. The van der Waals surface area contributed by atoms with Gasteiger partial charge in [-0.3, -0.25) is 18.7 Å². The van der Waals surface area contributed by atoms with Crippen LogP contribution < -0.4 is 11.2 Å². The molecule has 0 fully saturated rings. The van der Waals surface area contributed by atoms with Crippen LogP contribution in [-0.4, -0.2) is 29.5 Å². The lowest BCUT2D eigenvalue weighted by Crippen LogP contribution is -2.37. The van der Waals surface area contributed by atoms with Crippen LogP contribution in [0.3, 0.4) is 0 Å². The van der Waals surface area contributed by atoms with Gasteiger partial charge in [-0.25, -0.2) is 9.78 Å². The van der Waals surface area contributed by atoms with Gasteiger partial charge in [0.05, 0.1) is 18.6 Å². The Labute approximate surface area is 176 Å². The molecule has 0 aliphatic carbocycles. The monoisotopic (exact) mass is 413 g/mol. The topological polar surface area (TPSA) is 94.7 Å². The Morgan fingerprint density at radius 2 is 1.68 bits per heavy atom. The molecule has 8 heteroatoms. The van der Waals surface area contributed by atoms with Crippen molar-refractivity contribution in [3.05, 3.63) is 87.5 Å². The lowest BCUT2D eigenvalue weighted by atomic mass is 10.0. The molecule has 0 aliphatic heterocycles. The molecule has 0 amide bonds. The van der Waals surface area contributed by atoms with E-state index >= 15 is 0 Å². The number of rotatable bonds is 4. The lowest BCUT2D eigenvalue weighted by Gasteiger charge is -2.08. The molecule has 5 rings (SSSR count). The summed E-state index contributed by atoms with van der Waals surface area (Å²) in [7, 11) is 2.96.